The number of aliphatic hydroxyl groups is 4. The summed E-state index contributed by atoms with van der Waals surface area (Å²) in [6.45, 7) is 8.03. The van der Waals surface area contributed by atoms with Gasteiger partial charge in [-0.15, -0.1) is 0 Å². The first-order chi connectivity index (χ1) is 13.5. The summed E-state index contributed by atoms with van der Waals surface area (Å²) in [5.74, 6) is 0.598. The zero-order valence-electron chi connectivity index (χ0n) is 18.7. The van der Waals surface area contributed by atoms with Crippen molar-refractivity contribution in [3.8, 4) is 0 Å². The normalized spacial score (nSPS) is 14.2. The van der Waals surface area contributed by atoms with Crippen molar-refractivity contribution in [3.05, 3.63) is 0 Å². The second-order valence-electron chi connectivity index (χ2n) is 7.47. The van der Waals surface area contributed by atoms with Gasteiger partial charge in [0.25, 0.3) is 0 Å². The number of aliphatic hydroxyl groups excluding tert-OH is 4. The lowest BCUT2D eigenvalue weighted by Gasteiger charge is -2.15. The minimum absolute atomic E-state index is 0.212. The lowest BCUT2D eigenvalue weighted by molar-refractivity contribution is -0.00599. The van der Waals surface area contributed by atoms with Crippen LogP contribution in [-0.2, 0) is 9.47 Å². The van der Waals surface area contributed by atoms with Crippen molar-refractivity contribution < 1.29 is 29.9 Å². The molecule has 0 amide bonds. The summed E-state index contributed by atoms with van der Waals surface area (Å²) in [4.78, 5) is 0. The zero-order chi connectivity index (χ0) is 21.5. The Morgan fingerprint density at radius 3 is 1.71 bits per heavy atom. The van der Waals surface area contributed by atoms with Crippen molar-refractivity contribution in [1.82, 2.24) is 0 Å². The Hall–Kier alpha value is -0.240. The van der Waals surface area contributed by atoms with E-state index in [1.54, 1.807) is 0 Å². The van der Waals surface area contributed by atoms with Crippen LogP contribution < -0.4 is 0 Å². The summed E-state index contributed by atoms with van der Waals surface area (Å²) in [6, 6.07) is 0. The van der Waals surface area contributed by atoms with Crippen LogP contribution in [0, 0.1) is 5.92 Å². The Bertz CT molecular complexity index is 278. The van der Waals surface area contributed by atoms with Crippen molar-refractivity contribution in [2.24, 2.45) is 5.92 Å². The molecule has 6 heteroatoms. The molecule has 0 aromatic carbocycles. The molecule has 0 aliphatic rings. The molecule has 3 unspecified atom stereocenters. The number of hydrogen-bond acceptors (Lipinski definition) is 6. The maximum absolute atomic E-state index is 9.04. The van der Waals surface area contributed by atoms with Gasteiger partial charge in [-0.3, -0.25) is 0 Å². The van der Waals surface area contributed by atoms with E-state index >= 15 is 0 Å². The summed E-state index contributed by atoms with van der Waals surface area (Å²) >= 11 is 0. The highest BCUT2D eigenvalue weighted by molar-refractivity contribution is 4.57. The van der Waals surface area contributed by atoms with Crippen molar-refractivity contribution in [3.63, 3.8) is 0 Å². The van der Waals surface area contributed by atoms with Crippen LogP contribution in [0.15, 0.2) is 0 Å². The van der Waals surface area contributed by atoms with Gasteiger partial charge in [0.1, 0.15) is 12.2 Å². The average molecular weight is 409 g/mol. The maximum atomic E-state index is 9.04. The van der Waals surface area contributed by atoms with E-state index in [0.717, 1.165) is 12.8 Å². The van der Waals surface area contributed by atoms with Crippen molar-refractivity contribution in [2.75, 3.05) is 39.6 Å². The van der Waals surface area contributed by atoms with Crippen LogP contribution in [-0.4, -0.2) is 72.3 Å². The Morgan fingerprint density at radius 1 is 0.643 bits per heavy atom. The fourth-order valence-corrected chi connectivity index (χ4v) is 2.58. The van der Waals surface area contributed by atoms with Gasteiger partial charge in [0.2, 0.25) is 0 Å². The number of rotatable bonds is 19. The molecule has 0 saturated heterocycles. The van der Waals surface area contributed by atoms with Crippen LogP contribution in [0.5, 0.6) is 0 Å². The molecule has 0 aliphatic heterocycles. The smallest absolute Gasteiger partial charge is 0.100 e. The molecule has 3 atom stereocenters. The van der Waals surface area contributed by atoms with E-state index in [4.69, 9.17) is 29.9 Å². The summed E-state index contributed by atoms with van der Waals surface area (Å²) in [5.41, 5.74) is 0. The summed E-state index contributed by atoms with van der Waals surface area (Å²) in [6.07, 6.45) is 10.8. The Morgan fingerprint density at radius 2 is 1.18 bits per heavy atom. The molecule has 0 aromatic heterocycles. The van der Waals surface area contributed by atoms with E-state index in [1.807, 2.05) is 0 Å². The third-order valence-electron chi connectivity index (χ3n) is 4.58. The van der Waals surface area contributed by atoms with Gasteiger partial charge < -0.3 is 29.9 Å². The minimum atomic E-state index is -0.723. The molecule has 172 valence electrons. The lowest BCUT2D eigenvalue weighted by Crippen LogP contribution is -2.21. The second-order valence-corrected chi connectivity index (χ2v) is 7.47. The standard InChI is InChI=1S/2C11H24O3/c1-3-5-6-10(4-2)8-14-9-11(13)7-12;1-2-3-4-5-6-7-8-14-10-11(13)9-12/h10-13H,3-9H2,1-2H3;11-13H,2-10H2,1H3. The molecular weight excluding hydrogens is 360 g/mol. The molecule has 0 radical (unpaired) electrons. The molecular formula is C22H48O6. The minimum Gasteiger partial charge on any atom is -0.394 e. The van der Waals surface area contributed by atoms with E-state index in [-0.39, 0.29) is 26.4 Å². The highest BCUT2D eigenvalue weighted by Crippen LogP contribution is 2.12. The van der Waals surface area contributed by atoms with Crippen LogP contribution >= 0.6 is 0 Å². The first-order valence-electron chi connectivity index (χ1n) is 11.3. The molecule has 6 nitrogen and oxygen atoms in total. The molecule has 0 aliphatic carbocycles. The van der Waals surface area contributed by atoms with Gasteiger partial charge in [-0.05, 0) is 18.8 Å². The monoisotopic (exact) mass is 408 g/mol. The Kier molecular flexibility index (Phi) is 26.5. The summed E-state index contributed by atoms with van der Waals surface area (Å²) in [5, 5.41) is 35.1. The predicted octanol–water partition coefficient (Wildman–Crippen LogP) is 3.29. The molecule has 0 saturated carbocycles. The van der Waals surface area contributed by atoms with Gasteiger partial charge in [-0.25, -0.2) is 0 Å². The van der Waals surface area contributed by atoms with Gasteiger partial charge in [0.15, 0.2) is 0 Å². The number of ether oxygens (including phenoxy) is 2. The van der Waals surface area contributed by atoms with Gasteiger partial charge >= 0.3 is 0 Å². The first-order valence-corrected chi connectivity index (χ1v) is 11.3. The fourth-order valence-electron chi connectivity index (χ4n) is 2.58. The van der Waals surface area contributed by atoms with E-state index in [2.05, 4.69) is 20.8 Å². The molecule has 0 fully saturated rings. The molecule has 4 N–H and O–H groups in total. The second kappa shape index (κ2) is 24.8. The van der Waals surface area contributed by atoms with Crippen molar-refractivity contribution >= 4 is 0 Å². The van der Waals surface area contributed by atoms with Crippen molar-refractivity contribution in [2.45, 2.75) is 97.2 Å². The largest absolute Gasteiger partial charge is 0.394 e. The van der Waals surface area contributed by atoms with E-state index in [1.165, 1.54) is 51.4 Å². The quantitative estimate of drug-likeness (QED) is 0.245. The lowest BCUT2D eigenvalue weighted by atomic mass is 10.0. The van der Waals surface area contributed by atoms with E-state index in [9.17, 15) is 0 Å². The van der Waals surface area contributed by atoms with Gasteiger partial charge in [-0.2, -0.15) is 0 Å². The molecule has 28 heavy (non-hydrogen) atoms. The van der Waals surface area contributed by atoms with E-state index in [0.29, 0.717) is 19.1 Å². The topological polar surface area (TPSA) is 99.4 Å². The molecule has 0 spiro atoms. The SMILES string of the molecule is CCCCC(CC)COCC(O)CO.CCCCCCCCOCC(O)CO. The van der Waals surface area contributed by atoms with Gasteiger partial charge in [0.05, 0.1) is 26.4 Å². The highest BCUT2D eigenvalue weighted by atomic mass is 16.5. The Labute approximate surface area is 173 Å². The maximum Gasteiger partial charge on any atom is 0.100 e. The molecule has 0 heterocycles. The third-order valence-corrected chi connectivity index (χ3v) is 4.58. The van der Waals surface area contributed by atoms with E-state index < -0.39 is 12.2 Å². The fraction of sp³-hybridized carbons (Fsp3) is 1.00. The van der Waals surface area contributed by atoms with Crippen LogP contribution in [0.3, 0.4) is 0 Å². The van der Waals surface area contributed by atoms with Crippen LogP contribution in [0.4, 0.5) is 0 Å². The van der Waals surface area contributed by atoms with Crippen LogP contribution in [0.2, 0.25) is 0 Å². The predicted molar refractivity (Wildman–Crippen MR) is 115 cm³/mol. The molecule has 0 aromatic rings. The Balaban J connectivity index is 0. The number of hydrogen-bond donors (Lipinski definition) is 4. The van der Waals surface area contributed by atoms with Gasteiger partial charge in [-0.1, -0.05) is 72.1 Å². The zero-order valence-corrected chi connectivity index (χ0v) is 18.7. The van der Waals surface area contributed by atoms with Gasteiger partial charge in [0, 0.05) is 13.2 Å². The van der Waals surface area contributed by atoms with Crippen molar-refractivity contribution in [1.29, 1.82) is 0 Å². The first kappa shape index (κ1) is 30.0. The molecule has 0 rings (SSSR count). The van der Waals surface area contributed by atoms with Crippen LogP contribution in [0.1, 0.15) is 85.0 Å². The third kappa shape index (κ3) is 23.8. The summed E-state index contributed by atoms with van der Waals surface area (Å²) in [7, 11) is 0. The van der Waals surface area contributed by atoms with Crippen LogP contribution in [0.25, 0.3) is 0 Å². The highest BCUT2D eigenvalue weighted by Gasteiger charge is 2.07. The number of unbranched alkanes of at least 4 members (excludes halogenated alkanes) is 6. The average Bonchev–Trinajstić information content (AvgIpc) is 2.72. The molecule has 0 bridgehead atoms. The summed E-state index contributed by atoms with van der Waals surface area (Å²) < 4.78 is 10.5.